The second kappa shape index (κ2) is 17.1. The second-order valence-electron chi connectivity index (χ2n) is 9.27. The zero-order valence-electron chi connectivity index (χ0n) is 23.0. The fraction of sp³-hybridized carbons (Fsp3) is 0.393. The molecule has 0 radical (unpaired) electrons. The Morgan fingerprint density at radius 1 is 0.902 bits per heavy atom. The maximum absolute atomic E-state index is 13.0. The molecule has 0 aromatic heterocycles. The van der Waals surface area contributed by atoms with Gasteiger partial charge in [-0.2, -0.15) is 0 Å². The Morgan fingerprint density at radius 2 is 1.56 bits per heavy atom. The van der Waals surface area contributed by atoms with E-state index in [1.54, 1.807) is 19.1 Å². The average molecular weight is 570 g/mol. The molecule has 3 amide bonds. The maximum atomic E-state index is 13.0. The lowest BCUT2D eigenvalue weighted by Crippen LogP contribution is -2.54. The van der Waals surface area contributed by atoms with Crippen LogP contribution in [0.3, 0.4) is 0 Å². The fourth-order valence-electron chi connectivity index (χ4n) is 3.85. The quantitative estimate of drug-likeness (QED) is 0.0581. The second-order valence-corrected chi connectivity index (χ2v) is 9.27. The number of carbonyl (C=O) groups excluding carboxylic acids is 4. The Hall–Kier alpha value is -4.65. The van der Waals surface area contributed by atoms with Crippen LogP contribution in [0, 0.1) is 0 Å². The molecule has 0 heterocycles. The van der Waals surface area contributed by atoms with Gasteiger partial charge in [0.05, 0.1) is 19.2 Å². The zero-order chi connectivity index (χ0) is 30.2. The molecular weight excluding hydrogens is 530 g/mol. The van der Waals surface area contributed by atoms with Crippen LogP contribution in [-0.4, -0.2) is 72.6 Å². The molecule has 0 aliphatic heterocycles. The van der Waals surface area contributed by atoms with Crippen LogP contribution in [-0.2, 0) is 36.8 Å². The van der Waals surface area contributed by atoms with Crippen molar-refractivity contribution in [3.05, 3.63) is 65.7 Å². The molecule has 3 atom stereocenters. The van der Waals surface area contributed by atoms with Crippen molar-refractivity contribution < 1.29 is 29.0 Å². The highest BCUT2D eigenvalue weighted by molar-refractivity contribution is 5.92. The number of amides is 3. The van der Waals surface area contributed by atoms with Gasteiger partial charge in [0, 0.05) is 13.0 Å². The van der Waals surface area contributed by atoms with E-state index in [1.807, 2.05) is 30.3 Å². The molecule has 0 saturated carbocycles. The maximum Gasteiger partial charge on any atom is 0.328 e. The molecule has 2 rings (SSSR count). The van der Waals surface area contributed by atoms with Gasteiger partial charge >= 0.3 is 5.97 Å². The van der Waals surface area contributed by atoms with Gasteiger partial charge in [-0.15, -0.1) is 0 Å². The molecule has 10 N–H and O–H groups in total. The van der Waals surface area contributed by atoms with Crippen molar-refractivity contribution in [3.8, 4) is 5.75 Å². The number of rotatable bonds is 16. The predicted molar refractivity (Wildman–Crippen MR) is 153 cm³/mol. The number of nitrogens with one attached hydrogen (secondary N) is 3. The fourth-order valence-corrected chi connectivity index (χ4v) is 3.85. The van der Waals surface area contributed by atoms with Crippen LogP contribution in [0.4, 0.5) is 0 Å². The van der Waals surface area contributed by atoms with Crippen molar-refractivity contribution in [2.45, 2.75) is 50.7 Å². The summed E-state index contributed by atoms with van der Waals surface area (Å²) < 4.78 is 5.09. The number of aliphatic imine (C=N–C) groups is 1. The molecule has 0 aliphatic rings. The van der Waals surface area contributed by atoms with E-state index in [2.05, 4.69) is 20.9 Å². The zero-order valence-corrected chi connectivity index (χ0v) is 23.0. The third-order valence-electron chi connectivity index (χ3n) is 5.92. The molecule has 0 aliphatic carbocycles. The van der Waals surface area contributed by atoms with E-state index in [-0.39, 0.29) is 44.1 Å². The van der Waals surface area contributed by atoms with E-state index in [0.717, 1.165) is 11.1 Å². The van der Waals surface area contributed by atoms with Crippen molar-refractivity contribution in [1.29, 1.82) is 0 Å². The molecule has 13 nitrogen and oxygen atoms in total. The van der Waals surface area contributed by atoms with Crippen molar-refractivity contribution in [3.63, 3.8) is 0 Å². The number of aromatic hydroxyl groups is 1. The van der Waals surface area contributed by atoms with Crippen LogP contribution in [0.15, 0.2) is 59.6 Å². The van der Waals surface area contributed by atoms with Crippen LogP contribution in [0.5, 0.6) is 5.75 Å². The van der Waals surface area contributed by atoms with Gasteiger partial charge in [-0.05, 0) is 49.4 Å². The highest BCUT2D eigenvalue weighted by Gasteiger charge is 2.26. The standard InChI is InChI=1S/C28H39N7O6/c1-2-41-27(40)23(16-18-7-4-3-5-8-18)34-24(37)17-33-26(39)22(9-6-14-32-28(30)31)35-25(38)21(29)15-19-10-12-20(36)13-11-19/h3-5,7-8,10-13,21-23,36H,2,6,9,14-17,29H2,1H3,(H,33,39)(H,34,37)(H,35,38)(H4,30,31,32)/t21-,22+,23-/m0/s1. The van der Waals surface area contributed by atoms with Crippen LogP contribution >= 0.6 is 0 Å². The number of benzene rings is 2. The largest absolute Gasteiger partial charge is 0.508 e. The molecule has 0 unspecified atom stereocenters. The molecule has 13 heteroatoms. The topological polar surface area (TPSA) is 224 Å². The summed E-state index contributed by atoms with van der Waals surface area (Å²) in [5.41, 5.74) is 18.3. The van der Waals surface area contributed by atoms with Crippen molar-refractivity contribution in [2.75, 3.05) is 19.7 Å². The van der Waals surface area contributed by atoms with Crippen LogP contribution in [0.1, 0.15) is 30.9 Å². The number of hydrogen-bond acceptors (Lipinski definition) is 8. The highest BCUT2D eigenvalue weighted by Crippen LogP contribution is 2.11. The summed E-state index contributed by atoms with van der Waals surface area (Å²) in [4.78, 5) is 54.8. The summed E-state index contributed by atoms with van der Waals surface area (Å²) in [5, 5.41) is 17.2. The molecule has 0 fully saturated rings. The lowest BCUT2D eigenvalue weighted by molar-refractivity contribution is -0.147. The van der Waals surface area contributed by atoms with Crippen molar-refractivity contribution in [1.82, 2.24) is 16.0 Å². The normalized spacial score (nSPS) is 12.7. The number of esters is 1. The van der Waals surface area contributed by atoms with Gasteiger partial charge in [0.25, 0.3) is 0 Å². The summed E-state index contributed by atoms with van der Waals surface area (Å²) in [7, 11) is 0. The number of phenols is 1. The lowest BCUT2D eigenvalue weighted by Gasteiger charge is -2.21. The minimum Gasteiger partial charge on any atom is -0.508 e. The predicted octanol–water partition coefficient (Wildman–Crippen LogP) is -0.793. The SMILES string of the molecule is CCOC(=O)[C@H](Cc1ccccc1)NC(=O)CNC(=O)[C@@H](CCCN=C(N)N)NC(=O)[C@@H](N)Cc1ccc(O)cc1. The Balaban J connectivity index is 2.00. The first-order chi connectivity index (χ1) is 19.6. The van der Waals surface area contributed by atoms with E-state index >= 15 is 0 Å². The number of guanidine groups is 1. The number of carbonyl (C=O) groups is 4. The van der Waals surface area contributed by atoms with Gasteiger partial charge in [0.2, 0.25) is 17.7 Å². The molecule has 2 aromatic rings. The third-order valence-corrected chi connectivity index (χ3v) is 5.92. The van der Waals surface area contributed by atoms with Gasteiger partial charge in [-0.3, -0.25) is 19.4 Å². The van der Waals surface area contributed by atoms with Crippen molar-refractivity contribution >= 4 is 29.7 Å². The minimum absolute atomic E-state index is 0.0852. The molecule has 41 heavy (non-hydrogen) atoms. The summed E-state index contributed by atoms with van der Waals surface area (Å²) in [6, 6.07) is 12.4. The summed E-state index contributed by atoms with van der Waals surface area (Å²) in [6.45, 7) is 1.59. The van der Waals surface area contributed by atoms with Crippen molar-refractivity contribution in [2.24, 2.45) is 22.2 Å². The minimum atomic E-state index is -1.03. The third kappa shape index (κ3) is 12.4. The Morgan fingerprint density at radius 3 is 2.20 bits per heavy atom. The molecular formula is C28H39N7O6. The first-order valence-corrected chi connectivity index (χ1v) is 13.3. The van der Waals surface area contributed by atoms with Crippen LogP contribution in [0.2, 0.25) is 0 Å². The summed E-state index contributed by atoms with van der Waals surface area (Å²) in [6.07, 6.45) is 0.911. The molecule has 0 saturated heterocycles. The highest BCUT2D eigenvalue weighted by atomic mass is 16.5. The number of ether oxygens (including phenoxy) is 1. The molecule has 0 bridgehead atoms. The van der Waals surface area contributed by atoms with E-state index in [1.165, 1.54) is 12.1 Å². The summed E-state index contributed by atoms with van der Waals surface area (Å²) >= 11 is 0. The number of phenolic OH excluding ortho intramolecular Hbond substituents is 1. The first kappa shape index (κ1) is 32.6. The van der Waals surface area contributed by atoms with E-state index in [9.17, 15) is 24.3 Å². The lowest BCUT2D eigenvalue weighted by atomic mass is 10.0. The van der Waals surface area contributed by atoms with E-state index < -0.39 is 48.4 Å². The molecule has 0 spiro atoms. The Bertz CT molecular complexity index is 1170. The van der Waals surface area contributed by atoms with E-state index in [0.29, 0.717) is 6.42 Å². The number of nitrogens with zero attached hydrogens (tertiary/aromatic N) is 1. The average Bonchev–Trinajstić information content (AvgIpc) is 2.94. The Kier molecular flexibility index (Phi) is 13.6. The smallest absolute Gasteiger partial charge is 0.328 e. The number of hydrogen-bond donors (Lipinski definition) is 7. The number of nitrogens with two attached hydrogens (primary N) is 3. The Labute approximate surface area is 238 Å². The molecule has 2 aromatic carbocycles. The molecule has 222 valence electrons. The van der Waals surface area contributed by atoms with E-state index in [4.69, 9.17) is 21.9 Å². The first-order valence-electron chi connectivity index (χ1n) is 13.3. The monoisotopic (exact) mass is 569 g/mol. The van der Waals surface area contributed by atoms with Gasteiger partial charge in [0.15, 0.2) is 5.96 Å². The summed E-state index contributed by atoms with van der Waals surface area (Å²) in [5.74, 6) is -2.41. The van der Waals surface area contributed by atoms with Crippen LogP contribution < -0.4 is 33.2 Å². The van der Waals surface area contributed by atoms with Gasteiger partial charge < -0.3 is 43.0 Å². The van der Waals surface area contributed by atoms with Gasteiger partial charge in [-0.25, -0.2) is 4.79 Å². The van der Waals surface area contributed by atoms with Gasteiger partial charge in [0.1, 0.15) is 17.8 Å². The van der Waals surface area contributed by atoms with Crippen LogP contribution in [0.25, 0.3) is 0 Å². The van der Waals surface area contributed by atoms with Gasteiger partial charge in [-0.1, -0.05) is 42.5 Å².